The maximum Gasteiger partial charge on any atom is 0.269 e. The van der Waals surface area contributed by atoms with Gasteiger partial charge < -0.3 is 5.32 Å². The Morgan fingerprint density at radius 2 is 1.82 bits per heavy atom. The van der Waals surface area contributed by atoms with Gasteiger partial charge in [-0.1, -0.05) is 12.1 Å². The molecular weight excluding hydrogens is 497 g/mol. The first kappa shape index (κ1) is 26.3. The van der Waals surface area contributed by atoms with Gasteiger partial charge >= 0.3 is 0 Å². The predicted octanol–water partition coefficient (Wildman–Crippen LogP) is 4.21. The fourth-order valence-corrected chi connectivity index (χ4v) is 5.99. The molecule has 0 saturated carbocycles. The molecule has 0 aliphatic carbocycles. The molecule has 3 aromatic rings. The van der Waals surface area contributed by atoms with Gasteiger partial charge in [-0.25, -0.2) is 17.2 Å². The Morgan fingerprint density at radius 3 is 2.47 bits per heavy atom. The molecule has 0 saturated heterocycles. The minimum absolute atomic E-state index is 0.0395. The van der Waals surface area contributed by atoms with Gasteiger partial charge in [-0.3, -0.25) is 9.78 Å². The Hall–Kier alpha value is -2.35. The molecule has 180 valence electrons. The monoisotopic (exact) mass is 522 g/mol. The third kappa shape index (κ3) is 6.01. The lowest BCUT2D eigenvalue weighted by Crippen LogP contribution is -2.26. The van der Waals surface area contributed by atoms with E-state index < -0.39 is 26.7 Å². The van der Waals surface area contributed by atoms with Crippen molar-refractivity contribution in [3.05, 3.63) is 88.7 Å². The third-order valence-electron chi connectivity index (χ3n) is 5.24. The molecule has 1 aromatic heterocycles. The van der Waals surface area contributed by atoms with E-state index in [1.165, 1.54) is 24.4 Å². The van der Waals surface area contributed by atoms with Crippen molar-refractivity contribution in [2.24, 2.45) is 0 Å². The molecule has 0 aliphatic rings. The van der Waals surface area contributed by atoms with Crippen molar-refractivity contribution in [1.82, 2.24) is 10.3 Å². The minimum Gasteiger partial charge on any atom is -0.351 e. The second-order valence-corrected chi connectivity index (χ2v) is 11.4. The van der Waals surface area contributed by atoms with E-state index in [1.54, 1.807) is 30.8 Å². The first-order valence-corrected chi connectivity index (χ1v) is 13.9. The maximum atomic E-state index is 14.8. The molecule has 1 amide bonds. The van der Waals surface area contributed by atoms with Gasteiger partial charge in [0, 0.05) is 18.3 Å². The molecule has 0 bridgehead atoms. The highest BCUT2D eigenvalue weighted by atomic mass is 32.2. The number of benzene rings is 2. The molecule has 1 heterocycles. The molecule has 1 N–H and O–H groups in total. The molecule has 10 heteroatoms. The largest absolute Gasteiger partial charge is 0.351 e. The Balaban J connectivity index is 2.08. The molecule has 2 atom stereocenters. The lowest BCUT2D eigenvalue weighted by atomic mass is 10.0. The lowest BCUT2D eigenvalue weighted by molar-refractivity contribution is 0.0948. The van der Waals surface area contributed by atoms with Gasteiger partial charge in [0.1, 0.15) is 22.6 Å². The Kier molecular flexibility index (Phi) is 8.79. The van der Waals surface area contributed by atoms with E-state index in [9.17, 15) is 22.0 Å². The van der Waals surface area contributed by atoms with E-state index in [0.717, 1.165) is 35.7 Å². The van der Waals surface area contributed by atoms with E-state index in [0.29, 0.717) is 12.1 Å². The van der Waals surface area contributed by atoms with E-state index in [-0.39, 0.29) is 27.6 Å². The summed E-state index contributed by atoms with van der Waals surface area (Å²) in [4.78, 5) is 16.6. The number of aryl methyl sites for hydroxylation is 1. The van der Waals surface area contributed by atoms with E-state index in [1.807, 2.05) is 6.26 Å². The number of thioether (sulfide) groups is 1. The number of halogens is 2. The van der Waals surface area contributed by atoms with Crippen LogP contribution in [-0.4, -0.2) is 37.9 Å². The summed E-state index contributed by atoms with van der Waals surface area (Å²) in [5.41, 5.74) is 0.380. The molecule has 0 radical (unpaired) electrons. The molecule has 0 fully saturated rings. The molecule has 5 nitrogen and oxygen atoms in total. The fourth-order valence-electron chi connectivity index (χ4n) is 3.49. The zero-order valence-corrected chi connectivity index (χ0v) is 21.5. The number of sulfone groups is 1. The SMILES string of the molecule is CSCCCNC(=O)c1cc(C)c(C(c2cc(F)ccc2F)S(=O)(=O)c2ccc(P)cc2)cn1. The normalized spacial score (nSPS) is 12.4. The zero-order chi connectivity index (χ0) is 24.9. The maximum absolute atomic E-state index is 14.8. The van der Waals surface area contributed by atoms with Crippen molar-refractivity contribution in [2.75, 3.05) is 18.6 Å². The average Bonchev–Trinajstić information content (AvgIpc) is 2.80. The number of hydrogen-bond donors (Lipinski definition) is 1. The zero-order valence-electron chi connectivity index (χ0n) is 18.7. The first-order valence-electron chi connectivity index (χ1n) is 10.4. The van der Waals surface area contributed by atoms with Crippen LogP contribution in [0.4, 0.5) is 8.78 Å². The number of pyridine rings is 1. The number of nitrogens with zero attached hydrogens (tertiary/aromatic N) is 1. The highest BCUT2D eigenvalue weighted by Gasteiger charge is 2.35. The Labute approximate surface area is 204 Å². The summed E-state index contributed by atoms with van der Waals surface area (Å²) in [6.45, 7) is 2.10. The number of amides is 1. The van der Waals surface area contributed by atoms with Crippen LogP contribution >= 0.6 is 21.0 Å². The molecule has 3 rings (SSSR count). The van der Waals surface area contributed by atoms with Gasteiger partial charge in [0.15, 0.2) is 9.84 Å². The van der Waals surface area contributed by atoms with Gasteiger partial charge in [-0.05, 0) is 78.2 Å². The van der Waals surface area contributed by atoms with Crippen LogP contribution in [0.15, 0.2) is 59.6 Å². The quantitative estimate of drug-likeness (QED) is 0.337. The number of rotatable bonds is 9. The summed E-state index contributed by atoms with van der Waals surface area (Å²) in [5.74, 6) is -1.10. The number of hydrogen-bond acceptors (Lipinski definition) is 5. The summed E-state index contributed by atoms with van der Waals surface area (Å²) in [6.07, 6.45) is 4.04. The van der Waals surface area contributed by atoms with Crippen LogP contribution in [0.1, 0.15) is 38.8 Å². The van der Waals surface area contributed by atoms with Crippen LogP contribution in [0.2, 0.25) is 0 Å². The number of carbonyl (C=O) groups is 1. The molecular formula is C24H25F2N2O3PS2. The summed E-state index contributed by atoms with van der Waals surface area (Å²) in [7, 11) is -1.74. The topological polar surface area (TPSA) is 76.1 Å². The molecule has 34 heavy (non-hydrogen) atoms. The standard InChI is InChI=1S/C24H25F2N2O3PS2/c1-15-12-22(24(29)27-10-3-11-33-2)28-14-20(15)23(19-13-16(25)4-9-21(19)26)34(30,31)18-7-5-17(32)6-8-18/h4-9,12-14,23H,3,10-11,32H2,1-2H3,(H,27,29). The highest BCUT2D eigenvalue weighted by Crippen LogP contribution is 2.38. The van der Waals surface area contributed by atoms with Crippen molar-refractivity contribution in [3.63, 3.8) is 0 Å². The van der Waals surface area contributed by atoms with E-state index >= 15 is 0 Å². The molecule has 0 spiro atoms. The van der Waals surface area contributed by atoms with Crippen molar-refractivity contribution < 1.29 is 22.0 Å². The minimum atomic E-state index is -4.20. The van der Waals surface area contributed by atoms with E-state index in [4.69, 9.17) is 0 Å². The summed E-state index contributed by atoms with van der Waals surface area (Å²) < 4.78 is 56.3. The number of carbonyl (C=O) groups excluding carboxylic acids is 1. The average molecular weight is 523 g/mol. The van der Waals surface area contributed by atoms with Gasteiger partial charge in [-0.2, -0.15) is 11.8 Å². The van der Waals surface area contributed by atoms with Crippen LogP contribution < -0.4 is 10.6 Å². The summed E-state index contributed by atoms with van der Waals surface area (Å²) in [5, 5.41) is 2.00. The van der Waals surface area contributed by atoms with E-state index in [2.05, 4.69) is 19.5 Å². The first-order chi connectivity index (χ1) is 16.1. The highest BCUT2D eigenvalue weighted by molar-refractivity contribution is 7.98. The van der Waals surface area contributed by atoms with Crippen molar-refractivity contribution >= 4 is 42.1 Å². The van der Waals surface area contributed by atoms with Crippen LogP contribution in [-0.2, 0) is 9.84 Å². The number of nitrogens with one attached hydrogen (secondary N) is 1. The number of aromatic nitrogens is 1. The Morgan fingerprint density at radius 1 is 1.12 bits per heavy atom. The lowest BCUT2D eigenvalue weighted by Gasteiger charge is -2.21. The van der Waals surface area contributed by atoms with Crippen molar-refractivity contribution in [1.29, 1.82) is 0 Å². The van der Waals surface area contributed by atoms with Gasteiger partial charge in [0.2, 0.25) is 0 Å². The second-order valence-electron chi connectivity index (χ2n) is 7.69. The van der Waals surface area contributed by atoms with Crippen LogP contribution in [0.5, 0.6) is 0 Å². The molecule has 0 aliphatic heterocycles. The second kappa shape index (κ2) is 11.4. The smallest absolute Gasteiger partial charge is 0.269 e. The molecule has 2 aromatic carbocycles. The van der Waals surface area contributed by atoms with Gasteiger partial charge in [0.25, 0.3) is 5.91 Å². The van der Waals surface area contributed by atoms with Gasteiger partial charge in [-0.15, -0.1) is 9.24 Å². The summed E-state index contributed by atoms with van der Waals surface area (Å²) >= 11 is 1.68. The van der Waals surface area contributed by atoms with Crippen molar-refractivity contribution in [2.45, 2.75) is 23.5 Å². The van der Waals surface area contributed by atoms with Crippen LogP contribution in [0, 0.1) is 18.6 Å². The van der Waals surface area contributed by atoms with Gasteiger partial charge in [0.05, 0.1) is 4.90 Å². The third-order valence-corrected chi connectivity index (χ3v) is 8.38. The summed E-state index contributed by atoms with van der Waals surface area (Å²) in [6, 6.07) is 10.2. The van der Waals surface area contributed by atoms with Crippen molar-refractivity contribution in [3.8, 4) is 0 Å². The van der Waals surface area contributed by atoms with Crippen LogP contribution in [0.25, 0.3) is 0 Å². The Bertz CT molecular complexity index is 1290. The predicted molar refractivity (Wildman–Crippen MR) is 135 cm³/mol. The molecule has 2 unspecified atom stereocenters. The van der Waals surface area contributed by atoms with Crippen LogP contribution in [0.3, 0.4) is 0 Å². The fraction of sp³-hybridized carbons (Fsp3) is 0.250.